The molecular weight excluding hydrogens is 459 g/mol. The monoisotopic (exact) mass is 484 g/mol. The quantitative estimate of drug-likeness (QED) is 0.246. The summed E-state index contributed by atoms with van der Waals surface area (Å²) in [5.74, 6) is 0. The molecular formula is C30H26Cl2N2. The van der Waals surface area contributed by atoms with Crippen LogP contribution in [0.2, 0.25) is 10.0 Å². The fraction of sp³-hybridized carbons (Fsp3) is 0.133. The van der Waals surface area contributed by atoms with Crippen molar-refractivity contribution in [1.29, 1.82) is 0 Å². The van der Waals surface area contributed by atoms with E-state index in [0.29, 0.717) is 10.0 Å². The second kappa shape index (κ2) is 8.87. The van der Waals surface area contributed by atoms with Crippen molar-refractivity contribution in [3.05, 3.63) is 119 Å². The van der Waals surface area contributed by atoms with Gasteiger partial charge in [-0.15, -0.1) is 0 Å². The average molecular weight is 485 g/mol. The third-order valence-corrected chi connectivity index (χ3v) is 6.94. The number of fused-ring (bicyclic) bond motifs is 1. The van der Waals surface area contributed by atoms with E-state index in [1.807, 2.05) is 24.3 Å². The Morgan fingerprint density at radius 2 is 1.35 bits per heavy atom. The fourth-order valence-electron chi connectivity index (χ4n) is 4.33. The Balaban J connectivity index is 1.78. The molecule has 0 atom stereocenters. The van der Waals surface area contributed by atoms with Crippen LogP contribution in [0.25, 0.3) is 16.6 Å². The molecule has 0 aliphatic heterocycles. The largest absolute Gasteiger partial charge is 0.314 e. The van der Waals surface area contributed by atoms with E-state index in [-0.39, 0.29) is 5.41 Å². The number of benzene rings is 4. The highest BCUT2D eigenvalue weighted by molar-refractivity contribution is 6.44. The Kier molecular flexibility index (Phi) is 5.89. The summed E-state index contributed by atoms with van der Waals surface area (Å²) >= 11 is 13.3. The smallest absolute Gasteiger partial charge is 0.0832 e. The van der Waals surface area contributed by atoms with Crippen molar-refractivity contribution in [2.75, 3.05) is 4.90 Å². The molecule has 0 unspecified atom stereocenters. The highest BCUT2D eigenvalue weighted by Crippen LogP contribution is 2.45. The van der Waals surface area contributed by atoms with E-state index in [9.17, 15) is 0 Å². The van der Waals surface area contributed by atoms with E-state index in [1.54, 1.807) is 0 Å². The molecule has 34 heavy (non-hydrogen) atoms. The van der Waals surface area contributed by atoms with Gasteiger partial charge >= 0.3 is 0 Å². The van der Waals surface area contributed by atoms with Gasteiger partial charge in [0.1, 0.15) is 0 Å². The van der Waals surface area contributed by atoms with Crippen molar-refractivity contribution in [3.63, 3.8) is 0 Å². The SMILES string of the molecule is CC(C)(C)c1ccc(N(c2cccc(Cl)c2Cl)c2cn(-c3ccccc3)c3ccccc23)cc1. The molecule has 0 amide bonds. The van der Waals surface area contributed by atoms with Crippen LogP contribution in [0.15, 0.2) is 103 Å². The number of aromatic nitrogens is 1. The number of halogens is 2. The van der Waals surface area contributed by atoms with Gasteiger partial charge in [-0.05, 0) is 53.4 Å². The Hall–Kier alpha value is -3.20. The van der Waals surface area contributed by atoms with Gasteiger partial charge in [-0.2, -0.15) is 0 Å². The van der Waals surface area contributed by atoms with Gasteiger partial charge in [-0.25, -0.2) is 0 Å². The molecule has 2 nitrogen and oxygen atoms in total. The van der Waals surface area contributed by atoms with Crippen LogP contribution in [0.1, 0.15) is 26.3 Å². The molecule has 0 radical (unpaired) electrons. The fourth-order valence-corrected chi connectivity index (χ4v) is 4.71. The Morgan fingerprint density at radius 1 is 0.676 bits per heavy atom. The van der Waals surface area contributed by atoms with E-state index in [2.05, 4.69) is 109 Å². The highest BCUT2D eigenvalue weighted by Gasteiger charge is 2.22. The molecule has 0 spiro atoms. The lowest BCUT2D eigenvalue weighted by Crippen LogP contribution is -2.13. The summed E-state index contributed by atoms with van der Waals surface area (Å²) in [7, 11) is 0. The summed E-state index contributed by atoms with van der Waals surface area (Å²) < 4.78 is 2.22. The third kappa shape index (κ3) is 4.09. The molecule has 0 aliphatic carbocycles. The van der Waals surface area contributed by atoms with Crippen LogP contribution in [0.3, 0.4) is 0 Å². The molecule has 5 rings (SSSR count). The molecule has 170 valence electrons. The molecule has 0 N–H and O–H groups in total. The normalized spacial score (nSPS) is 11.7. The van der Waals surface area contributed by atoms with Gasteiger partial charge in [0.15, 0.2) is 0 Å². The number of hydrogen-bond donors (Lipinski definition) is 0. The predicted molar refractivity (Wildman–Crippen MR) is 147 cm³/mol. The lowest BCUT2D eigenvalue weighted by atomic mass is 9.87. The lowest BCUT2D eigenvalue weighted by molar-refractivity contribution is 0.590. The van der Waals surface area contributed by atoms with Crippen molar-refractivity contribution >= 4 is 51.2 Å². The van der Waals surface area contributed by atoms with Crippen LogP contribution in [0.4, 0.5) is 17.1 Å². The number of para-hydroxylation sites is 2. The number of rotatable bonds is 4. The van der Waals surface area contributed by atoms with Crippen LogP contribution in [-0.4, -0.2) is 4.57 Å². The summed E-state index contributed by atoms with van der Waals surface area (Å²) in [6, 6.07) is 33.3. The molecule has 1 heterocycles. The second-order valence-corrected chi connectivity index (χ2v) is 10.2. The standard InChI is InChI=1S/C30H26Cl2N2/c1-30(2,3)21-16-18-23(19-17-21)34(27-15-9-13-25(31)29(27)32)28-20-33(22-10-5-4-6-11-22)26-14-8-7-12-24(26)28/h4-20H,1-3H3. The van der Waals surface area contributed by atoms with Crippen LogP contribution in [0, 0.1) is 0 Å². The number of anilines is 3. The first-order chi connectivity index (χ1) is 16.3. The average Bonchev–Trinajstić information content (AvgIpc) is 3.22. The van der Waals surface area contributed by atoms with E-state index in [1.165, 1.54) is 5.56 Å². The van der Waals surface area contributed by atoms with E-state index < -0.39 is 0 Å². The lowest BCUT2D eigenvalue weighted by Gasteiger charge is -2.27. The Labute approximate surface area is 211 Å². The van der Waals surface area contributed by atoms with Crippen LogP contribution >= 0.6 is 23.2 Å². The third-order valence-electron chi connectivity index (χ3n) is 6.13. The molecule has 0 fully saturated rings. The maximum absolute atomic E-state index is 6.79. The zero-order valence-electron chi connectivity index (χ0n) is 19.5. The highest BCUT2D eigenvalue weighted by atomic mass is 35.5. The van der Waals surface area contributed by atoms with Crippen LogP contribution < -0.4 is 4.90 Å². The minimum atomic E-state index is 0.0698. The van der Waals surface area contributed by atoms with Gasteiger partial charge < -0.3 is 9.47 Å². The van der Waals surface area contributed by atoms with Gasteiger partial charge in [0.05, 0.1) is 26.9 Å². The van der Waals surface area contributed by atoms with Gasteiger partial charge in [-0.1, -0.05) is 98.6 Å². The topological polar surface area (TPSA) is 8.17 Å². The van der Waals surface area contributed by atoms with Crippen molar-refractivity contribution in [2.24, 2.45) is 0 Å². The first-order valence-electron chi connectivity index (χ1n) is 11.3. The zero-order valence-corrected chi connectivity index (χ0v) is 21.0. The maximum atomic E-state index is 6.79. The van der Waals surface area contributed by atoms with Crippen LogP contribution in [-0.2, 0) is 5.41 Å². The van der Waals surface area contributed by atoms with E-state index in [0.717, 1.165) is 33.7 Å². The van der Waals surface area contributed by atoms with E-state index >= 15 is 0 Å². The molecule has 5 aromatic rings. The molecule has 0 aliphatic rings. The van der Waals surface area contributed by atoms with E-state index in [4.69, 9.17) is 23.2 Å². The van der Waals surface area contributed by atoms with Gasteiger partial charge in [0.25, 0.3) is 0 Å². The molecule has 4 aromatic carbocycles. The van der Waals surface area contributed by atoms with Gasteiger partial charge in [-0.3, -0.25) is 0 Å². The van der Waals surface area contributed by atoms with Crippen molar-refractivity contribution < 1.29 is 0 Å². The van der Waals surface area contributed by atoms with Crippen LogP contribution in [0.5, 0.6) is 0 Å². The maximum Gasteiger partial charge on any atom is 0.0832 e. The molecule has 0 bridgehead atoms. The summed E-state index contributed by atoms with van der Waals surface area (Å²) in [6.07, 6.45) is 2.18. The van der Waals surface area contributed by atoms with Gasteiger partial charge in [0.2, 0.25) is 0 Å². The predicted octanol–water partition coefficient (Wildman–Crippen LogP) is 9.70. The minimum absolute atomic E-state index is 0.0698. The molecule has 1 aromatic heterocycles. The Bertz CT molecular complexity index is 1450. The van der Waals surface area contributed by atoms with Crippen molar-refractivity contribution in [1.82, 2.24) is 4.57 Å². The number of nitrogens with zero attached hydrogens (tertiary/aromatic N) is 2. The first-order valence-corrected chi connectivity index (χ1v) is 12.1. The molecule has 0 saturated carbocycles. The second-order valence-electron chi connectivity index (χ2n) is 9.44. The summed E-state index contributed by atoms with van der Waals surface area (Å²) in [4.78, 5) is 2.20. The number of hydrogen-bond acceptors (Lipinski definition) is 1. The zero-order chi connectivity index (χ0) is 23.9. The first kappa shape index (κ1) is 22.6. The molecule has 4 heteroatoms. The van der Waals surface area contributed by atoms with Crippen molar-refractivity contribution in [2.45, 2.75) is 26.2 Å². The van der Waals surface area contributed by atoms with Crippen molar-refractivity contribution in [3.8, 4) is 5.69 Å². The summed E-state index contributed by atoms with van der Waals surface area (Å²) in [5, 5.41) is 2.19. The Morgan fingerprint density at radius 3 is 2.06 bits per heavy atom. The van der Waals surface area contributed by atoms with Gasteiger partial charge in [0, 0.05) is 23.0 Å². The summed E-state index contributed by atoms with van der Waals surface area (Å²) in [5.41, 5.74) is 6.47. The summed E-state index contributed by atoms with van der Waals surface area (Å²) in [6.45, 7) is 6.67. The molecule has 0 saturated heterocycles. The minimum Gasteiger partial charge on any atom is -0.314 e.